The van der Waals surface area contributed by atoms with Crippen LogP contribution in [0.2, 0.25) is 0 Å². The number of likely N-dealkylation sites (tertiary alicyclic amines) is 1. The second-order valence-electron chi connectivity index (χ2n) is 6.55. The number of carboxylic acids is 1. The Morgan fingerprint density at radius 3 is 2.48 bits per heavy atom. The first-order valence-electron chi connectivity index (χ1n) is 6.94. The average Bonchev–Trinajstić information content (AvgIpc) is 2.66. The summed E-state index contributed by atoms with van der Waals surface area (Å²) in [5, 5.41) is 9.50. The van der Waals surface area contributed by atoms with Gasteiger partial charge < -0.3 is 10.0 Å². The van der Waals surface area contributed by atoms with E-state index in [2.05, 4.69) is 15.9 Å². The highest BCUT2D eigenvalue weighted by atomic mass is 79.9. The van der Waals surface area contributed by atoms with E-state index in [1.165, 1.54) is 0 Å². The molecule has 1 amide bonds. The summed E-state index contributed by atoms with van der Waals surface area (Å²) in [6.07, 6.45) is 0.0532. The van der Waals surface area contributed by atoms with Gasteiger partial charge in [-0.2, -0.15) is 0 Å². The van der Waals surface area contributed by atoms with Crippen molar-refractivity contribution in [3.63, 3.8) is 0 Å². The zero-order valence-electron chi connectivity index (χ0n) is 12.7. The number of aliphatic carboxylic acids is 1. The van der Waals surface area contributed by atoms with E-state index in [4.69, 9.17) is 0 Å². The maximum atomic E-state index is 12.3. The average molecular weight is 354 g/mol. The maximum Gasteiger partial charge on any atom is 0.309 e. The lowest BCUT2D eigenvalue weighted by Gasteiger charge is -2.38. The maximum absolute atomic E-state index is 12.3. The van der Waals surface area contributed by atoms with Crippen LogP contribution in [0, 0.1) is 12.8 Å². The number of hydrogen-bond acceptors (Lipinski definition) is 2. The standard InChI is InChI=1S/C16H20BrNO3/c1-9-5-6-10(12(17)7-9)14-11(15(20)21)8-13(19)18(14)16(2,3)4/h5-7,11,14H,8H2,1-4H3,(H,20,21). The van der Waals surface area contributed by atoms with Crippen molar-refractivity contribution < 1.29 is 14.7 Å². The zero-order valence-corrected chi connectivity index (χ0v) is 14.3. The Bertz CT molecular complexity index is 592. The molecule has 0 saturated carbocycles. The van der Waals surface area contributed by atoms with Crippen molar-refractivity contribution in [3.05, 3.63) is 33.8 Å². The van der Waals surface area contributed by atoms with Gasteiger partial charge in [0, 0.05) is 16.4 Å². The number of hydrogen-bond donors (Lipinski definition) is 1. The molecular formula is C16H20BrNO3. The lowest BCUT2D eigenvalue weighted by Crippen LogP contribution is -2.44. The number of carboxylic acid groups (broad SMARTS) is 1. The number of rotatable bonds is 2. The molecule has 1 aromatic rings. The Labute approximate surface area is 133 Å². The molecule has 114 valence electrons. The molecule has 1 fully saturated rings. The number of amides is 1. The first kappa shape index (κ1) is 16.0. The normalized spacial score (nSPS) is 22.7. The van der Waals surface area contributed by atoms with Crippen LogP contribution in [0.1, 0.15) is 44.4 Å². The topological polar surface area (TPSA) is 57.6 Å². The number of nitrogens with zero attached hydrogens (tertiary/aromatic N) is 1. The van der Waals surface area contributed by atoms with E-state index >= 15 is 0 Å². The summed E-state index contributed by atoms with van der Waals surface area (Å²) in [6, 6.07) is 5.38. The Balaban J connectivity index is 2.57. The largest absolute Gasteiger partial charge is 0.481 e. The van der Waals surface area contributed by atoms with Gasteiger partial charge in [-0.1, -0.05) is 28.1 Å². The lowest BCUT2D eigenvalue weighted by molar-refractivity contribution is -0.142. The summed E-state index contributed by atoms with van der Waals surface area (Å²) >= 11 is 3.52. The summed E-state index contributed by atoms with van der Waals surface area (Å²) in [5.74, 6) is -1.74. The SMILES string of the molecule is Cc1ccc(C2C(C(=O)O)CC(=O)N2C(C)(C)C)c(Br)c1. The third kappa shape index (κ3) is 2.98. The molecule has 1 aliphatic rings. The van der Waals surface area contributed by atoms with Crippen LogP contribution in [0.5, 0.6) is 0 Å². The highest BCUT2D eigenvalue weighted by Crippen LogP contribution is 2.44. The molecule has 1 heterocycles. The van der Waals surface area contributed by atoms with Crippen LogP contribution < -0.4 is 0 Å². The number of carbonyl (C=O) groups excluding carboxylic acids is 1. The van der Waals surface area contributed by atoms with Crippen LogP contribution in [0.3, 0.4) is 0 Å². The molecule has 4 nitrogen and oxygen atoms in total. The van der Waals surface area contributed by atoms with E-state index in [1.807, 2.05) is 45.9 Å². The molecule has 0 spiro atoms. The lowest BCUT2D eigenvalue weighted by atomic mass is 9.91. The van der Waals surface area contributed by atoms with Gasteiger partial charge in [0.15, 0.2) is 0 Å². The number of aryl methyl sites for hydroxylation is 1. The van der Waals surface area contributed by atoms with Gasteiger partial charge in [0.2, 0.25) is 5.91 Å². The van der Waals surface area contributed by atoms with E-state index < -0.39 is 23.5 Å². The van der Waals surface area contributed by atoms with Crippen molar-refractivity contribution in [3.8, 4) is 0 Å². The van der Waals surface area contributed by atoms with Crippen molar-refractivity contribution in [1.29, 1.82) is 0 Å². The molecule has 1 aromatic carbocycles. The van der Waals surface area contributed by atoms with Crippen LogP contribution in [-0.4, -0.2) is 27.4 Å². The van der Waals surface area contributed by atoms with E-state index in [9.17, 15) is 14.7 Å². The number of halogens is 1. The monoisotopic (exact) mass is 353 g/mol. The number of benzene rings is 1. The van der Waals surface area contributed by atoms with Crippen LogP contribution >= 0.6 is 15.9 Å². The van der Waals surface area contributed by atoms with Crippen molar-refractivity contribution in [2.75, 3.05) is 0 Å². The van der Waals surface area contributed by atoms with E-state index in [0.29, 0.717) is 0 Å². The minimum atomic E-state index is -0.924. The third-order valence-corrected chi connectivity index (χ3v) is 4.52. The Hall–Kier alpha value is -1.36. The molecule has 1 N–H and O–H groups in total. The second kappa shape index (κ2) is 5.44. The molecular weight excluding hydrogens is 334 g/mol. The van der Waals surface area contributed by atoms with Crippen molar-refractivity contribution in [1.82, 2.24) is 4.90 Å². The number of carbonyl (C=O) groups is 2. The van der Waals surface area contributed by atoms with Gasteiger partial charge in [-0.15, -0.1) is 0 Å². The fraction of sp³-hybridized carbons (Fsp3) is 0.500. The first-order valence-corrected chi connectivity index (χ1v) is 7.73. The minimum absolute atomic E-state index is 0.0532. The van der Waals surface area contributed by atoms with Gasteiger partial charge in [0.25, 0.3) is 0 Å². The highest BCUT2D eigenvalue weighted by Gasteiger charge is 2.49. The molecule has 2 unspecified atom stereocenters. The Morgan fingerprint density at radius 2 is 2.00 bits per heavy atom. The Kier molecular flexibility index (Phi) is 4.15. The van der Waals surface area contributed by atoms with Crippen LogP contribution in [-0.2, 0) is 9.59 Å². The summed E-state index contributed by atoms with van der Waals surface area (Å²) in [6.45, 7) is 7.78. The predicted octanol–water partition coefficient (Wildman–Crippen LogP) is 3.53. The van der Waals surface area contributed by atoms with Gasteiger partial charge in [-0.25, -0.2) is 0 Å². The molecule has 5 heteroatoms. The van der Waals surface area contributed by atoms with Crippen LogP contribution in [0.25, 0.3) is 0 Å². The first-order chi connectivity index (χ1) is 9.62. The smallest absolute Gasteiger partial charge is 0.309 e. The Morgan fingerprint density at radius 1 is 1.38 bits per heavy atom. The predicted molar refractivity (Wildman–Crippen MR) is 84.0 cm³/mol. The zero-order chi connectivity index (χ0) is 15.9. The molecule has 1 saturated heterocycles. The quantitative estimate of drug-likeness (QED) is 0.884. The van der Waals surface area contributed by atoms with Crippen LogP contribution in [0.15, 0.2) is 22.7 Å². The summed E-state index contributed by atoms with van der Waals surface area (Å²) in [7, 11) is 0. The van der Waals surface area contributed by atoms with Gasteiger partial charge in [0.05, 0.1) is 12.0 Å². The molecule has 0 radical (unpaired) electrons. The molecule has 0 aromatic heterocycles. The summed E-state index contributed by atoms with van der Waals surface area (Å²) < 4.78 is 0.850. The fourth-order valence-electron chi connectivity index (χ4n) is 2.97. The van der Waals surface area contributed by atoms with Crippen molar-refractivity contribution in [2.45, 2.75) is 45.7 Å². The summed E-state index contributed by atoms with van der Waals surface area (Å²) in [5.41, 5.74) is 1.52. The fourth-order valence-corrected chi connectivity index (χ4v) is 3.70. The molecule has 2 atom stereocenters. The third-order valence-electron chi connectivity index (χ3n) is 3.84. The molecule has 21 heavy (non-hydrogen) atoms. The molecule has 0 aliphatic carbocycles. The summed E-state index contributed by atoms with van der Waals surface area (Å²) in [4.78, 5) is 25.6. The van der Waals surface area contributed by atoms with E-state index in [-0.39, 0.29) is 12.3 Å². The van der Waals surface area contributed by atoms with Gasteiger partial charge >= 0.3 is 5.97 Å². The minimum Gasteiger partial charge on any atom is -0.481 e. The van der Waals surface area contributed by atoms with Crippen molar-refractivity contribution in [2.24, 2.45) is 5.92 Å². The molecule has 1 aliphatic heterocycles. The van der Waals surface area contributed by atoms with Gasteiger partial charge in [-0.05, 0) is 44.9 Å². The highest BCUT2D eigenvalue weighted by molar-refractivity contribution is 9.10. The van der Waals surface area contributed by atoms with Crippen LogP contribution in [0.4, 0.5) is 0 Å². The van der Waals surface area contributed by atoms with E-state index in [0.717, 1.165) is 15.6 Å². The second-order valence-corrected chi connectivity index (χ2v) is 7.41. The van der Waals surface area contributed by atoms with E-state index in [1.54, 1.807) is 4.90 Å². The molecule has 2 rings (SSSR count). The van der Waals surface area contributed by atoms with Gasteiger partial charge in [-0.3, -0.25) is 9.59 Å². The molecule has 0 bridgehead atoms. The van der Waals surface area contributed by atoms with Crippen molar-refractivity contribution >= 4 is 27.8 Å². The van der Waals surface area contributed by atoms with Gasteiger partial charge in [0.1, 0.15) is 0 Å².